The third-order valence-electron chi connectivity index (χ3n) is 3.71. The molecule has 1 aliphatic rings. The fraction of sp³-hybridized carbons (Fsp3) is 0.500. The highest BCUT2D eigenvalue weighted by atomic mass is 35.5. The Morgan fingerprint density at radius 2 is 1.90 bits per heavy atom. The van der Waals surface area contributed by atoms with E-state index in [9.17, 15) is 18.3 Å². The Hall–Kier alpha value is -1.11. The maximum atomic E-state index is 12.4. The third-order valence-corrected chi connectivity index (χ3v) is 5.28. The molecule has 0 radical (unpaired) electrons. The number of benzene rings is 1. The van der Waals surface area contributed by atoms with Crippen molar-refractivity contribution >= 4 is 27.3 Å². The van der Waals surface area contributed by atoms with E-state index in [0.717, 1.165) is 6.26 Å². The standard InChI is InChI=1S/C14H18ClNO4S/c1-14(18)5-7-16(8-6-14)13(17)10-3-4-11(15)12(9-10)21(2,19)20/h3-4,9,18H,5-8H2,1-2H3. The minimum absolute atomic E-state index is 0.0426. The van der Waals surface area contributed by atoms with Gasteiger partial charge in [-0.2, -0.15) is 0 Å². The predicted molar refractivity (Wildman–Crippen MR) is 80.3 cm³/mol. The first kappa shape index (κ1) is 16.3. The number of halogens is 1. The summed E-state index contributed by atoms with van der Waals surface area (Å²) in [5.74, 6) is -0.243. The second-order valence-corrected chi connectivity index (χ2v) is 8.10. The van der Waals surface area contributed by atoms with Crippen LogP contribution in [0.15, 0.2) is 23.1 Å². The highest BCUT2D eigenvalue weighted by Crippen LogP contribution is 2.26. The topological polar surface area (TPSA) is 74.7 Å². The van der Waals surface area contributed by atoms with Crippen LogP contribution in [-0.4, -0.2) is 49.3 Å². The number of carbonyl (C=O) groups excluding carboxylic acids is 1. The van der Waals surface area contributed by atoms with E-state index in [1.54, 1.807) is 11.8 Å². The number of hydrogen-bond acceptors (Lipinski definition) is 4. The normalized spacial score (nSPS) is 18.6. The Balaban J connectivity index is 2.25. The van der Waals surface area contributed by atoms with Crippen LogP contribution < -0.4 is 0 Å². The van der Waals surface area contributed by atoms with Gasteiger partial charge >= 0.3 is 0 Å². The van der Waals surface area contributed by atoms with Crippen molar-refractivity contribution in [2.24, 2.45) is 0 Å². The molecule has 0 aromatic heterocycles. The molecule has 1 aliphatic heterocycles. The molecule has 1 fully saturated rings. The quantitative estimate of drug-likeness (QED) is 0.895. The molecule has 1 aromatic carbocycles. The molecule has 1 saturated heterocycles. The second kappa shape index (κ2) is 5.59. The summed E-state index contributed by atoms with van der Waals surface area (Å²) in [5, 5.41) is 10.0. The van der Waals surface area contributed by atoms with Crippen LogP contribution in [0.4, 0.5) is 0 Å². The van der Waals surface area contributed by atoms with Crippen molar-refractivity contribution < 1.29 is 18.3 Å². The predicted octanol–water partition coefficient (Wildman–Crippen LogP) is 1.73. The smallest absolute Gasteiger partial charge is 0.253 e. The van der Waals surface area contributed by atoms with Crippen LogP contribution in [0.2, 0.25) is 5.02 Å². The number of piperidine rings is 1. The number of hydrogen-bond donors (Lipinski definition) is 1. The number of carbonyl (C=O) groups is 1. The maximum absolute atomic E-state index is 12.4. The van der Waals surface area contributed by atoms with E-state index in [1.165, 1.54) is 18.2 Å². The molecule has 0 bridgehead atoms. The van der Waals surface area contributed by atoms with Crippen molar-refractivity contribution in [3.05, 3.63) is 28.8 Å². The van der Waals surface area contributed by atoms with E-state index in [0.29, 0.717) is 31.5 Å². The lowest BCUT2D eigenvalue weighted by molar-refractivity contribution is -0.00203. The fourth-order valence-electron chi connectivity index (χ4n) is 2.29. The van der Waals surface area contributed by atoms with Gasteiger partial charge in [0.2, 0.25) is 0 Å². The van der Waals surface area contributed by atoms with Gasteiger partial charge in [-0.15, -0.1) is 0 Å². The second-order valence-electron chi connectivity index (χ2n) is 5.71. The lowest BCUT2D eigenvalue weighted by Gasteiger charge is -2.35. The van der Waals surface area contributed by atoms with Gasteiger partial charge in [0.05, 0.1) is 15.5 Å². The molecule has 1 aromatic rings. The van der Waals surface area contributed by atoms with Crippen molar-refractivity contribution in [3.8, 4) is 0 Å². The molecule has 1 N–H and O–H groups in total. The van der Waals surface area contributed by atoms with Gasteiger partial charge in [-0.25, -0.2) is 8.42 Å². The number of amides is 1. The summed E-state index contributed by atoms with van der Waals surface area (Å²) < 4.78 is 23.3. The minimum atomic E-state index is -3.48. The van der Waals surface area contributed by atoms with Gasteiger partial charge in [-0.1, -0.05) is 11.6 Å². The maximum Gasteiger partial charge on any atom is 0.253 e. The van der Waals surface area contributed by atoms with Gasteiger partial charge in [0.1, 0.15) is 0 Å². The van der Waals surface area contributed by atoms with E-state index >= 15 is 0 Å². The van der Waals surface area contributed by atoms with Gasteiger partial charge in [0.15, 0.2) is 9.84 Å². The molecular weight excluding hydrogens is 314 g/mol. The van der Waals surface area contributed by atoms with Crippen LogP contribution in [-0.2, 0) is 9.84 Å². The highest BCUT2D eigenvalue weighted by Gasteiger charge is 2.30. The number of rotatable bonds is 2. The number of nitrogens with zero attached hydrogens (tertiary/aromatic N) is 1. The van der Waals surface area contributed by atoms with Crippen molar-refractivity contribution in [1.82, 2.24) is 4.90 Å². The molecule has 0 spiro atoms. The summed E-state index contributed by atoms with van der Waals surface area (Å²) in [7, 11) is -3.48. The van der Waals surface area contributed by atoms with Gasteiger partial charge in [-0.05, 0) is 38.0 Å². The fourth-order valence-corrected chi connectivity index (χ4v) is 3.60. The van der Waals surface area contributed by atoms with E-state index in [4.69, 9.17) is 11.6 Å². The zero-order chi connectivity index (χ0) is 15.8. The molecule has 2 rings (SSSR count). The molecule has 0 unspecified atom stereocenters. The zero-order valence-electron chi connectivity index (χ0n) is 12.0. The SMILES string of the molecule is CC1(O)CCN(C(=O)c2ccc(Cl)c(S(C)(=O)=O)c2)CC1. The molecule has 0 atom stereocenters. The van der Waals surface area contributed by atoms with Crippen molar-refractivity contribution in [2.75, 3.05) is 19.3 Å². The van der Waals surface area contributed by atoms with E-state index in [1.807, 2.05) is 0 Å². The summed E-state index contributed by atoms with van der Waals surface area (Å²) in [5.41, 5.74) is -0.448. The average molecular weight is 332 g/mol. The first-order valence-corrected chi connectivity index (χ1v) is 8.88. The number of aliphatic hydroxyl groups is 1. The minimum Gasteiger partial charge on any atom is -0.390 e. The first-order chi connectivity index (χ1) is 9.60. The average Bonchev–Trinajstić information content (AvgIpc) is 2.37. The van der Waals surface area contributed by atoms with Crippen LogP contribution in [0.1, 0.15) is 30.1 Å². The monoisotopic (exact) mass is 331 g/mol. The van der Waals surface area contributed by atoms with E-state index in [-0.39, 0.29) is 15.8 Å². The summed E-state index contributed by atoms with van der Waals surface area (Å²) in [6.45, 7) is 2.64. The molecule has 5 nitrogen and oxygen atoms in total. The van der Waals surface area contributed by atoms with Crippen LogP contribution in [0.25, 0.3) is 0 Å². The molecule has 7 heteroatoms. The molecule has 116 valence electrons. The highest BCUT2D eigenvalue weighted by molar-refractivity contribution is 7.90. The summed E-state index contributed by atoms with van der Waals surface area (Å²) in [4.78, 5) is 14.0. The van der Waals surface area contributed by atoms with Crippen molar-refractivity contribution in [2.45, 2.75) is 30.3 Å². The van der Waals surface area contributed by atoms with Gasteiger partial charge in [0.25, 0.3) is 5.91 Å². The van der Waals surface area contributed by atoms with Crippen molar-refractivity contribution in [3.63, 3.8) is 0 Å². The molecular formula is C14H18ClNO4S. The van der Waals surface area contributed by atoms with E-state index in [2.05, 4.69) is 0 Å². The summed E-state index contributed by atoms with van der Waals surface area (Å²) in [6.07, 6.45) is 2.07. The molecule has 1 amide bonds. The largest absolute Gasteiger partial charge is 0.390 e. The van der Waals surface area contributed by atoms with Gasteiger partial charge in [-0.3, -0.25) is 4.79 Å². The van der Waals surface area contributed by atoms with Crippen LogP contribution in [0, 0.1) is 0 Å². The Morgan fingerprint density at radius 1 is 1.33 bits per heavy atom. The van der Waals surface area contributed by atoms with Crippen LogP contribution in [0.5, 0.6) is 0 Å². The Bertz CT molecular complexity index is 660. The summed E-state index contributed by atoms with van der Waals surface area (Å²) in [6, 6.07) is 4.25. The first-order valence-electron chi connectivity index (χ1n) is 6.61. The van der Waals surface area contributed by atoms with Crippen LogP contribution >= 0.6 is 11.6 Å². The lowest BCUT2D eigenvalue weighted by Crippen LogP contribution is -2.45. The molecule has 0 saturated carbocycles. The number of sulfone groups is 1. The summed E-state index contributed by atoms with van der Waals surface area (Å²) >= 11 is 5.87. The van der Waals surface area contributed by atoms with Crippen molar-refractivity contribution in [1.29, 1.82) is 0 Å². The lowest BCUT2D eigenvalue weighted by atomic mass is 9.93. The van der Waals surface area contributed by atoms with Gasteiger partial charge in [0, 0.05) is 24.9 Å². The number of likely N-dealkylation sites (tertiary alicyclic amines) is 1. The molecule has 0 aliphatic carbocycles. The van der Waals surface area contributed by atoms with Gasteiger partial charge < -0.3 is 10.0 Å². The Morgan fingerprint density at radius 3 is 2.43 bits per heavy atom. The Kier molecular flexibility index (Phi) is 4.33. The van der Waals surface area contributed by atoms with E-state index < -0.39 is 15.4 Å². The molecule has 21 heavy (non-hydrogen) atoms. The van der Waals surface area contributed by atoms with Crippen LogP contribution in [0.3, 0.4) is 0 Å². The molecule has 1 heterocycles. The zero-order valence-corrected chi connectivity index (χ0v) is 13.5. The Labute approximate surface area is 129 Å². The third kappa shape index (κ3) is 3.75.